The van der Waals surface area contributed by atoms with Gasteiger partial charge in [-0.2, -0.15) is 0 Å². The van der Waals surface area contributed by atoms with E-state index in [1.54, 1.807) is 0 Å². The minimum absolute atomic E-state index is 0.0534. The van der Waals surface area contributed by atoms with E-state index in [1.807, 2.05) is 0 Å². The van der Waals surface area contributed by atoms with Gasteiger partial charge in [-0.25, -0.2) is 8.78 Å². The Kier molecular flexibility index (Phi) is 2.93. The van der Waals surface area contributed by atoms with E-state index < -0.39 is 23.1 Å². The molecule has 0 heterocycles. The molecule has 0 fully saturated rings. The second kappa shape index (κ2) is 3.84. The van der Waals surface area contributed by atoms with Gasteiger partial charge >= 0.3 is 0 Å². The molecule has 0 aliphatic rings. The number of carbonyl (C=O) groups excluding carboxylic acids is 1. The molecular weight excluding hydrogens is 204 g/mol. The second-order valence-corrected chi connectivity index (χ2v) is 3.55. The van der Waals surface area contributed by atoms with Crippen molar-refractivity contribution in [2.24, 2.45) is 5.73 Å². The quantitative estimate of drug-likeness (QED) is 0.832. The molecule has 0 atom stereocenters. The van der Waals surface area contributed by atoms with E-state index in [9.17, 15) is 13.6 Å². The molecule has 1 rings (SSSR count). The molecule has 0 unspecified atom stereocenters. The normalized spacial score (nSPS) is 11.2. The molecule has 0 aliphatic heterocycles. The SMILES string of the molecule is CC(C)(Oc1ccc(F)c(F)c1)C(N)=O. The molecule has 2 N–H and O–H groups in total. The standard InChI is InChI=1S/C10H11F2NO2/c1-10(2,9(13)14)15-6-3-4-7(11)8(12)5-6/h3-5H,1-2H3,(H2,13,14). The third kappa shape index (κ3) is 2.65. The van der Waals surface area contributed by atoms with Crippen molar-refractivity contribution in [3.63, 3.8) is 0 Å². The summed E-state index contributed by atoms with van der Waals surface area (Å²) in [5.74, 6) is -2.64. The van der Waals surface area contributed by atoms with Crippen LogP contribution in [-0.4, -0.2) is 11.5 Å². The molecule has 0 radical (unpaired) electrons. The first kappa shape index (κ1) is 11.4. The molecule has 5 heteroatoms. The predicted molar refractivity (Wildman–Crippen MR) is 50.3 cm³/mol. The van der Waals surface area contributed by atoms with Crippen LogP contribution in [0.1, 0.15) is 13.8 Å². The summed E-state index contributed by atoms with van der Waals surface area (Å²) >= 11 is 0. The number of benzene rings is 1. The molecule has 1 aromatic carbocycles. The van der Waals surface area contributed by atoms with E-state index in [2.05, 4.69) is 0 Å². The number of amides is 1. The monoisotopic (exact) mass is 215 g/mol. The maximum absolute atomic E-state index is 12.8. The van der Waals surface area contributed by atoms with Crippen LogP contribution < -0.4 is 10.5 Å². The highest BCUT2D eigenvalue weighted by Crippen LogP contribution is 2.20. The Hall–Kier alpha value is -1.65. The number of halogens is 2. The van der Waals surface area contributed by atoms with Crippen LogP contribution in [-0.2, 0) is 4.79 Å². The van der Waals surface area contributed by atoms with E-state index in [1.165, 1.54) is 19.9 Å². The fourth-order valence-electron chi connectivity index (χ4n) is 0.885. The Labute approximate surface area is 85.8 Å². The van der Waals surface area contributed by atoms with Crippen LogP contribution in [0.5, 0.6) is 5.75 Å². The van der Waals surface area contributed by atoms with Crippen LogP contribution in [0.4, 0.5) is 8.78 Å². The van der Waals surface area contributed by atoms with Crippen LogP contribution in [0.15, 0.2) is 18.2 Å². The Balaban J connectivity index is 2.91. The third-order valence-corrected chi connectivity index (χ3v) is 1.86. The van der Waals surface area contributed by atoms with Crippen molar-refractivity contribution in [1.29, 1.82) is 0 Å². The summed E-state index contributed by atoms with van der Waals surface area (Å²) in [5.41, 5.74) is 3.79. The zero-order valence-electron chi connectivity index (χ0n) is 8.38. The van der Waals surface area contributed by atoms with Gasteiger partial charge in [0, 0.05) is 6.07 Å². The van der Waals surface area contributed by atoms with Crippen molar-refractivity contribution < 1.29 is 18.3 Å². The molecule has 82 valence electrons. The number of nitrogens with two attached hydrogens (primary N) is 1. The molecule has 1 amide bonds. The lowest BCUT2D eigenvalue weighted by Crippen LogP contribution is -2.43. The van der Waals surface area contributed by atoms with Crippen molar-refractivity contribution in [2.45, 2.75) is 19.4 Å². The van der Waals surface area contributed by atoms with Gasteiger partial charge in [-0.1, -0.05) is 0 Å². The van der Waals surface area contributed by atoms with Gasteiger partial charge in [-0.15, -0.1) is 0 Å². The van der Waals surface area contributed by atoms with Gasteiger partial charge in [-0.05, 0) is 26.0 Å². The van der Waals surface area contributed by atoms with Crippen molar-refractivity contribution in [3.8, 4) is 5.75 Å². The maximum atomic E-state index is 12.8. The highest BCUT2D eigenvalue weighted by Gasteiger charge is 2.27. The van der Waals surface area contributed by atoms with Crippen LogP contribution >= 0.6 is 0 Å². The summed E-state index contributed by atoms with van der Waals surface area (Å²) in [6.07, 6.45) is 0. The van der Waals surface area contributed by atoms with Gasteiger partial charge in [0.1, 0.15) is 5.75 Å². The number of hydrogen-bond donors (Lipinski definition) is 1. The second-order valence-electron chi connectivity index (χ2n) is 3.55. The highest BCUT2D eigenvalue weighted by molar-refractivity contribution is 5.82. The summed E-state index contributed by atoms with van der Waals surface area (Å²) in [7, 11) is 0. The predicted octanol–water partition coefficient (Wildman–Crippen LogP) is 1.61. The molecule has 15 heavy (non-hydrogen) atoms. The van der Waals surface area contributed by atoms with Gasteiger partial charge in [0.2, 0.25) is 0 Å². The van der Waals surface area contributed by atoms with Gasteiger partial charge in [0.15, 0.2) is 17.2 Å². The molecule has 0 saturated carbocycles. The van der Waals surface area contributed by atoms with Gasteiger partial charge in [0.25, 0.3) is 5.91 Å². The number of primary amides is 1. The lowest BCUT2D eigenvalue weighted by atomic mass is 10.1. The van der Waals surface area contributed by atoms with Crippen LogP contribution in [0.3, 0.4) is 0 Å². The van der Waals surface area contributed by atoms with Crippen LogP contribution in [0.25, 0.3) is 0 Å². The topological polar surface area (TPSA) is 52.3 Å². The van der Waals surface area contributed by atoms with Crippen LogP contribution in [0.2, 0.25) is 0 Å². The average Bonchev–Trinajstić information content (AvgIpc) is 2.10. The molecule has 1 aromatic rings. The Morgan fingerprint density at radius 1 is 1.33 bits per heavy atom. The van der Waals surface area contributed by atoms with Crippen molar-refractivity contribution >= 4 is 5.91 Å². The van der Waals surface area contributed by atoms with Crippen molar-refractivity contribution in [2.75, 3.05) is 0 Å². The first-order chi connectivity index (χ1) is 6.83. The maximum Gasteiger partial charge on any atom is 0.261 e. The van der Waals surface area contributed by atoms with Crippen molar-refractivity contribution in [1.82, 2.24) is 0 Å². The fourth-order valence-corrected chi connectivity index (χ4v) is 0.885. The average molecular weight is 215 g/mol. The summed E-state index contributed by atoms with van der Waals surface area (Å²) < 4.78 is 30.5. The van der Waals surface area contributed by atoms with E-state index >= 15 is 0 Å². The van der Waals surface area contributed by atoms with E-state index in [0.717, 1.165) is 12.1 Å². The molecule has 0 spiro atoms. The number of hydrogen-bond acceptors (Lipinski definition) is 2. The summed E-state index contributed by atoms with van der Waals surface area (Å²) in [6, 6.07) is 3.00. The summed E-state index contributed by atoms with van der Waals surface area (Å²) in [6.45, 7) is 2.88. The van der Waals surface area contributed by atoms with Gasteiger partial charge in [0.05, 0.1) is 0 Å². The minimum Gasteiger partial charge on any atom is -0.478 e. The van der Waals surface area contributed by atoms with Gasteiger partial charge in [-0.3, -0.25) is 4.79 Å². The number of rotatable bonds is 3. The Morgan fingerprint density at radius 3 is 2.40 bits per heavy atom. The zero-order chi connectivity index (χ0) is 11.6. The van der Waals surface area contributed by atoms with Gasteiger partial charge < -0.3 is 10.5 Å². The summed E-state index contributed by atoms with van der Waals surface area (Å²) in [4.78, 5) is 10.9. The van der Waals surface area contributed by atoms with Crippen LogP contribution in [0, 0.1) is 11.6 Å². The molecule has 0 bridgehead atoms. The molecule has 3 nitrogen and oxygen atoms in total. The molecular formula is C10H11F2NO2. The fraction of sp³-hybridized carbons (Fsp3) is 0.300. The van der Waals surface area contributed by atoms with E-state index in [-0.39, 0.29) is 5.75 Å². The Bertz CT molecular complexity index is 391. The largest absolute Gasteiger partial charge is 0.478 e. The smallest absolute Gasteiger partial charge is 0.261 e. The lowest BCUT2D eigenvalue weighted by Gasteiger charge is -2.22. The third-order valence-electron chi connectivity index (χ3n) is 1.86. The number of carbonyl (C=O) groups is 1. The first-order valence-electron chi connectivity index (χ1n) is 4.27. The molecule has 0 saturated heterocycles. The zero-order valence-corrected chi connectivity index (χ0v) is 8.38. The van der Waals surface area contributed by atoms with Crippen molar-refractivity contribution in [3.05, 3.63) is 29.8 Å². The first-order valence-corrected chi connectivity index (χ1v) is 4.27. The highest BCUT2D eigenvalue weighted by atomic mass is 19.2. The molecule has 0 aromatic heterocycles. The number of ether oxygens (including phenoxy) is 1. The Morgan fingerprint density at radius 2 is 1.93 bits per heavy atom. The summed E-state index contributed by atoms with van der Waals surface area (Å²) in [5, 5.41) is 0. The van der Waals surface area contributed by atoms with E-state index in [4.69, 9.17) is 10.5 Å². The lowest BCUT2D eigenvalue weighted by molar-refractivity contribution is -0.130. The molecule has 0 aliphatic carbocycles. The van der Waals surface area contributed by atoms with E-state index in [0.29, 0.717) is 0 Å². The minimum atomic E-state index is -1.26.